The Morgan fingerprint density at radius 1 is 1.00 bits per heavy atom. The van der Waals surface area contributed by atoms with E-state index in [-0.39, 0.29) is 10.3 Å². The summed E-state index contributed by atoms with van der Waals surface area (Å²) in [6, 6.07) is 21.4. The van der Waals surface area contributed by atoms with Crippen LogP contribution in [0, 0.1) is 0 Å². The van der Waals surface area contributed by atoms with Gasteiger partial charge in [0, 0.05) is 18.2 Å². The standard InChI is InChI=1S/C23H25ClN2O3S2/c24-22-10-11-23(30-22)31(27,28)25-19-12-14-26(15-13-19)16-17-29-21-9-5-4-8-20(21)18-6-2-1-3-7-18/h1-11,19,25H,12-17H2. The smallest absolute Gasteiger partial charge is 0.250 e. The molecule has 1 N–H and O–H groups in total. The lowest BCUT2D eigenvalue weighted by Crippen LogP contribution is -2.45. The number of halogens is 1. The van der Waals surface area contributed by atoms with Gasteiger partial charge < -0.3 is 4.74 Å². The van der Waals surface area contributed by atoms with E-state index in [4.69, 9.17) is 16.3 Å². The van der Waals surface area contributed by atoms with Gasteiger partial charge in [-0.3, -0.25) is 4.90 Å². The van der Waals surface area contributed by atoms with E-state index in [0.29, 0.717) is 10.9 Å². The number of para-hydroxylation sites is 1. The summed E-state index contributed by atoms with van der Waals surface area (Å²) in [6.45, 7) is 3.07. The fourth-order valence-electron chi connectivity index (χ4n) is 3.73. The highest BCUT2D eigenvalue weighted by Gasteiger charge is 2.25. The Morgan fingerprint density at radius 2 is 1.71 bits per heavy atom. The number of nitrogens with one attached hydrogen (secondary N) is 1. The van der Waals surface area contributed by atoms with E-state index >= 15 is 0 Å². The largest absolute Gasteiger partial charge is 0.492 e. The van der Waals surface area contributed by atoms with Crippen LogP contribution in [0.1, 0.15) is 12.8 Å². The molecule has 31 heavy (non-hydrogen) atoms. The van der Waals surface area contributed by atoms with Crippen molar-refractivity contribution in [3.63, 3.8) is 0 Å². The maximum absolute atomic E-state index is 12.5. The Morgan fingerprint density at radius 3 is 2.42 bits per heavy atom. The normalized spacial score (nSPS) is 15.8. The SMILES string of the molecule is O=S(=O)(NC1CCN(CCOc2ccccc2-c2ccccc2)CC1)c1ccc(Cl)s1. The van der Waals surface area contributed by atoms with Crippen LogP contribution in [-0.4, -0.2) is 45.6 Å². The Kier molecular flexibility index (Phi) is 7.30. The first-order valence-corrected chi connectivity index (χ1v) is 13.0. The Balaban J connectivity index is 1.25. The zero-order chi connectivity index (χ0) is 21.7. The summed E-state index contributed by atoms with van der Waals surface area (Å²) in [5.41, 5.74) is 2.23. The average molecular weight is 477 g/mol. The van der Waals surface area contributed by atoms with Crippen LogP contribution in [0.2, 0.25) is 4.34 Å². The van der Waals surface area contributed by atoms with Crippen LogP contribution >= 0.6 is 22.9 Å². The molecule has 0 atom stereocenters. The molecule has 0 saturated carbocycles. The van der Waals surface area contributed by atoms with Gasteiger partial charge in [-0.15, -0.1) is 11.3 Å². The fourth-order valence-corrected chi connectivity index (χ4v) is 6.53. The summed E-state index contributed by atoms with van der Waals surface area (Å²) in [4.78, 5) is 2.32. The molecule has 2 heterocycles. The van der Waals surface area contributed by atoms with Crippen LogP contribution in [0.15, 0.2) is 70.9 Å². The summed E-state index contributed by atoms with van der Waals surface area (Å²) >= 11 is 6.95. The number of ether oxygens (including phenoxy) is 1. The second kappa shape index (κ2) is 10.1. The molecule has 1 aromatic heterocycles. The lowest BCUT2D eigenvalue weighted by molar-refractivity contribution is 0.171. The van der Waals surface area contributed by atoms with Gasteiger partial charge >= 0.3 is 0 Å². The molecule has 3 aromatic rings. The minimum atomic E-state index is -3.50. The third-order valence-electron chi connectivity index (χ3n) is 5.36. The quantitative estimate of drug-likeness (QED) is 0.503. The van der Waals surface area contributed by atoms with Gasteiger partial charge in [0.2, 0.25) is 10.0 Å². The Hall–Kier alpha value is -1.90. The molecule has 0 spiro atoms. The highest BCUT2D eigenvalue weighted by Crippen LogP contribution is 2.29. The number of hydrogen-bond acceptors (Lipinski definition) is 5. The molecule has 0 bridgehead atoms. The second-order valence-corrected chi connectivity index (χ2v) is 11.2. The topological polar surface area (TPSA) is 58.6 Å². The summed E-state index contributed by atoms with van der Waals surface area (Å²) in [5, 5.41) is 0. The predicted octanol–water partition coefficient (Wildman–Crippen LogP) is 4.89. The number of nitrogens with zero attached hydrogens (tertiary/aromatic N) is 1. The molecular weight excluding hydrogens is 452 g/mol. The number of hydrogen-bond donors (Lipinski definition) is 1. The minimum Gasteiger partial charge on any atom is -0.492 e. The lowest BCUT2D eigenvalue weighted by atomic mass is 10.1. The average Bonchev–Trinajstić information content (AvgIpc) is 3.23. The highest BCUT2D eigenvalue weighted by molar-refractivity contribution is 7.91. The van der Waals surface area contributed by atoms with Crippen molar-refractivity contribution in [2.75, 3.05) is 26.2 Å². The third-order valence-corrected chi connectivity index (χ3v) is 8.60. The third kappa shape index (κ3) is 5.87. The number of likely N-dealkylation sites (tertiary alicyclic amines) is 1. The van der Waals surface area contributed by atoms with Gasteiger partial charge in [-0.05, 0) is 49.7 Å². The van der Waals surface area contributed by atoms with Crippen molar-refractivity contribution >= 4 is 33.0 Å². The van der Waals surface area contributed by atoms with E-state index in [1.165, 1.54) is 0 Å². The maximum atomic E-state index is 12.5. The molecule has 164 valence electrons. The second-order valence-electron chi connectivity index (χ2n) is 7.51. The zero-order valence-corrected chi connectivity index (χ0v) is 19.4. The van der Waals surface area contributed by atoms with Crippen molar-refractivity contribution in [2.45, 2.75) is 23.1 Å². The number of piperidine rings is 1. The first-order chi connectivity index (χ1) is 15.0. The molecule has 8 heteroatoms. The maximum Gasteiger partial charge on any atom is 0.250 e. The Labute approximate surface area is 192 Å². The van der Waals surface area contributed by atoms with Crippen molar-refractivity contribution in [1.29, 1.82) is 0 Å². The predicted molar refractivity (Wildman–Crippen MR) is 126 cm³/mol. The van der Waals surface area contributed by atoms with Gasteiger partial charge in [-0.25, -0.2) is 13.1 Å². The van der Waals surface area contributed by atoms with Crippen LogP contribution < -0.4 is 9.46 Å². The summed E-state index contributed by atoms with van der Waals surface area (Å²) in [6.07, 6.45) is 1.55. The summed E-state index contributed by atoms with van der Waals surface area (Å²) < 4.78 is 34.6. The molecule has 2 aromatic carbocycles. The van der Waals surface area contributed by atoms with E-state index in [0.717, 1.165) is 60.7 Å². The number of benzene rings is 2. The molecule has 0 aliphatic carbocycles. The van der Waals surface area contributed by atoms with Crippen LogP contribution in [0.25, 0.3) is 11.1 Å². The molecule has 1 aliphatic rings. The number of rotatable bonds is 8. The van der Waals surface area contributed by atoms with E-state index in [1.54, 1.807) is 12.1 Å². The van der Waals surface area contributed by atoms with Crippen molar-refractivity contribution < 1.29 is 13.2 Å². The first kappa shape index (κ1) is 22.3. The van der Waals surface area contributed by atoms with Gasteiger partial charge in [0.1, 0.15) is 16.6 Å². The van der Waals surface area contributed by atoms with Crippen molar-refractivity contribution in [2.24, 2.45) is 0 Å². The molecule has 5 nitrogen and oxygen atoms in total. The van der Waals surface area contributed by atoms with E-state index in [1.807, 2.05) is 36.4 Å². The van der Waals surface area contributed by atoms with Crippen molar-refractivity contribution in [3.05, 3.63) is 71.1 Å². The summed E-state index contributed by atoms with van der Waals surface area (Å²) in [5.74, 6) is 0.881. The van der Waals surface area contributed by atoms with Gasteiger partial charge in [0.15, 0.2) is 0 Å². The number of thiophene rings is 1. The molecule has 1 aliphatic heterocycles. The van der Waals surface area contributed by atoms with E-state index in [2.05, 4.69) is 27.8 Å². The van der Waals surface area contributed by atoms with E-state index in [9.17, 15) is 8.42 Å². The summed E-state index contributed by atoms with van der Waals surface area (Å²) in [7, 11) is -3.50. The van der Waals surface area contributed by atoms with Crippen LogP contribution in [0.3, 0.4) is 0 Å². The van der Waals surface area contributed by atoms with Crippen molar-refractivity contribution in [3.8, 4) is 16.9 Å². The molecule has 0 radical (unpaired) electrons. The van der Waals surface area contributed by atoms with Gasteiger partial charge in [-0.2, -0.15) is 0 Å². The zero-order valence-electron chi connectivity index (χ0n) is 17.0. The van der Waals surface area contributed by atoms with Gasteiger partial charge in [0.05, 0.1) is 4.34 Å². The lowest BCUT2D eigenvalue weighted by Gasteiger charge is -2.32. The molecule has 4 rings (SSSR count). The van der Waals surface area contributed by atoms with Gasteiger partial charge in [0.25, 0.3) is 0 Å². The van der Waals surface area contributed by atoms with Gasteiger partial charge in [-0.1, -0.05) is 60.1 Å². The molecule has 1 fully saturated rings. The first-order valence-electron chi connectivity index (χ1n) is 10.3. The molecular formula is C23H25ClN2O3S2. The monoisotopic (exact) mass is 476 g/mol. The van der Waals surface area contributed by atoms with Crippen molar-refractivity contribution in [1.82, 2.24) is 9.62 Å². The van der Waals surface area contributed by atoms with E-state index < -0.39 is 10.0 Å². The molecule has 1 saturated heterocycles. The fraction of sp³-hybridized carbons (Fsp3) is 0.304. The van der Waals surface area contributed by atoms with Crippen LogP contribution in [0.5, 0.6) is 5.75 Å². The Bertz CT molecular complexity index is 1090. The molecule has 0 unspecified atom stereocenters. The number of sulfonamides is 1. The van der Waals surface area contributed by atoms with Crippen LogP contribution in [0.4, 0.5) is 0 Å². The highest BCUT2D eigenvalue weighted by atomic mass is 35.5. The minimum absolute atomic E-state index is 0.0538. The van der Waals surface area contributed by atoms with Crippen LogP contribution in [-0.2, 0) is 10.0 Å². The molecule has 0 amide bonds.